The molecule has 0 saturated heterocycles. The van der Waals surface area contributed by atoms with Crippen LogP contribution in [-0.4, -0.2) is 10.7 Å². The van der Waals surface area contributed by atoms with E-state index in [1.807, 2.05) is 13.0 Å². The molecule has 3 heteroatoms. The molecule has 0 aliphatic rings. The van der Waals surface area contributed by atoms with E-state index in [1.54, 1.807) is 6.20 Å². The third kappa shape index (κ3) is 3.30. The van der Waals surface area contributed by atoms with Crippen LogP contribution in [0.25, 0.3) is 0 Å². The topological polar surface area (TPSA) is 12.9 Å². The molecule has 1 aromatic heterocycles. The van der Waals surface area contributed by atoms with E-state index in [9.17, 15) is 0 Å². The first-order chi connectivity index (χ1) is 6.24. The highest BCUT2D eigenvalue weighted by Gasteiger charge is 1.96. The van der Waals surface area contributed by atoms with Gasteiger partial charge in [-0.25, -0.2) is 4.98 Å². The molecule has 0 amide bonds. The van der Waals surface area contributed by atoms with Crippen molar-refractivity contribution in [2.75, 3.05) is 5.75 Å². The van der Waals surface area contributed by atoms with E-state index in [0.717, 1.165) is 23.3 Å². The summed E-state index contributed by atoms with van der Waals surface area (Å²) in [4.78, 5) is 4.00. The molecular weight excluding hydrogens is 202 g/mol. The van der Waals surface area contributed by atoms with Crippen molar-refractivity contribution in [2.45, 2.75) is 13.3 Å². The molecule has 1 rings (SSSR count). The Balaban J connectivity index is 2.89. The summed E-state index contributed by atoms with van der Waals surface area (Å²) < 4.78 is 0. The van der Waals surface area contributed by atoms with Gasteiger partial charge in [-0.15, -0.1) is 0 Å². The maximum Gasteiger partial charge on any atom is 0.144 e. The highest BCUT2D eigenvalue weighted by atomic mass is 35.5. The Morgan fingerprint density at radius 1 is 1.62 bits per heavy atom. The van der Waals surface area contributed by atoms with E-state index in [1.165, 1.54) is 0 Å². The number of hydrogen-bond donors (Lipinski definition) is 1. The number of halogens is 1. The second-order valence-electron chi connectivity index (χ2n) is 2.63. The van der Waals surface area contributed by atoms with Crippen LogP contribution in [0.2, 0.25) is 5.15 Å². The Bertz CT molecular complexity index is 352. The molecule has 68 valence electrons. The third-order valence-electron chi connectivity index (χ3n) is 1.44. The zero-order valence-electron chi connectivity index (χ0n) is 7.34. The van der Waals surface area contributed by atoms with Gasteiger partial charge in [0.15, 0.2) is 0 Å². The van der Waals surface area contributed by atoms with Crippen LogP contribution >= 0.6 is 24.2 Å². The minimum atomic E-state index is 0.470. The van der Waals surface area contributed by atoms with Crippen LogP contribution in [0.15, 0.2) is 12.3 Å². The third-order valence-corrected chi connectivity index (χ3v) is 1.96. The Morgan fingerprint density at radius 2 is 2.38 bits per heavy atom. The summed E-state index contributed by atoms with van der Waals surface area (Å²) in [6.45, 7) is 1.97. The van der Waals surface area contributed by atoms with Gasteiger partial charge < -0.3 is 0 Å². The number of aromatic nitrogens is 1. The Morgan fingerprint density at radius 3 is 3.08 bits per heavy atom. The fourth-order valence-electron chi connectivity index (χ4n) is 0.854. The van der Waals surface area contributed by atoms with E-state index in [-0.39, 0.29) is 0 Å². The SMILES string of the molecule is Cc1cnc(Cl)c(C#CCCS)c1. The summed E-state index contributed by atoms with van der Waals surface area (Å²) in [6, 6.07) is 1.93. The number of nitrogens with zero attached hydrogens (tertiary/aromatic N) is 1. The van der Waals surface area contributed by atoms with Crippen molar-refractivity contribution in [1.29, 1.82) is 0 Å². The fourth-order valence-corrected chi connectivity index (χ4v) is 1.12. The lowest BCUT2D eigenvalue weighted by molar-refractivity contribution is 1.25. The van der Waals surface area contributed by atoms with E-state index < -0.39 is 0 Å². The highest BCUT2D eigenvalue weighted by molar-refractivity contribution is 7.80. The minimum Gasteiger partial charge on any atom is -0.243 e. The molecule has 1 aromatic rings. The molecule has 0 aromatic carbocycles. The summed E-state index contributed by atoms with van der Waals surface area (Å²) >= 11 is 9.90. The van der Waals surface area contributed by atoms with Crippen molar-refractivity contribution in [3.63, 3.8) is 0 Å². The molecule has 0 unspecified atom stereocenters. The smallest absolute Gasteiger partial charge is 0.144 e. The number of rotatable bonds is 1. The molecule has 0 aliphatic heterocycles. The number of hydrogen-bond acceptors (Lipinski definition) is 2. The maximum absolute atomic E-state index is 5.84. The van der Waals surface area contributed by atoms with E-state index in [2.05, 4.69) is 29.5 Å². The standard InChI is InChI=1S/C10H10ClNS/c1-8-6-9(4-2-3-5-13)10(11)12-7-8/h6-7,13H,3,5H2,1H3. The fraction of sp³-hybridized carbons (Fsp3) is 0.300. The minimum absolute atomic E-state index is 0.470. The van der Waals surface area contributed by atoms with Crippen LogP contribution < -0.4 is 0 Å². The second-order valence-corrected chi connectivity index (χ2v) is 3.43. The predicted molar refractivity (Wildman–Crippen MR) is 59.3 cm³/mol. The summed E-state index contributed by atoms with van der Waals surface area (Å²) in [6.07, 6.45) is 2.50. The zero-order chi connectivity index (χ0) is 9.68. The van der Waals surface area contributed by atoms with Gasteiger partial charge in [-0.1, -0.05) is 23.4 Å². The van der Waals surface area contributed by atoms with Crippen LogP contribution in [-0.2, 0) is 0 Å². The molecule has 0 spiro atoms. The van der Waals surface area contributed by atoms with Gasteiger partial charge in [0.2, 0.25) is 0 Å². The molecule has 0 bridgehead atoms. The molecule has 13 heavy (non-hydrogen) atoms. The van der Waals surface area contributed by atoms with Gasteiger partial charge in [-0.3, -0.25) is 0 Å². The number of pyridine rings is 1. The lowest BCUT2D eigenvalue weighted by Crippen LogP contribution is -1.84. The molecule has 0 aliphatic carbocycles. The average Bonchev–Trinajstić information content (AvgIpc) is 2.11. The van der Waals surface area contributed by atoms with Gasteiger partial charge in [0.05, 0.1) is 5.56 Å². The molecule has 0 atom stereocenters. The number of thiol groups is 1. The zero-order valence-corrected chi connectivity index (χ0v) is 8.99. The first-order valence-electron chi connectivity index (χ1n) is 3.96. The van der Waals surface area contributed by atoms with Gasteiger partial charge in [0.25, 0.3) is 0 Å². The lowest BCUT2D eigenvalue weighted by atomic mass is 10.2. The van der Waals surface area contributed by atoms with Crippen molar-refractivity contribution in [2.24, 2.45) is 0 Å². The average molecular weight is 212 g/mol. The van der Waals surface area contributed by atoms with Crippen molar-refractivity contribution in [3.05, 3.63) is 28.5 Å². The first kappa shape index (κ1) is 10.4. The van der Waals surface area contributed by atoms with Crippen molar-refractivity contribution < 1.29 is 0 Å². The van der Waals surface area contributed by atoms with Gasteiger partial charge in [0, 0.05) is 18.4 Å². The molecule has 0 radical (unpaired) electrons. The van der Waals surface area contributed by atoms with Gasteiger partial charge >= 0.3 is 0 Å². The first-order valence-corrected chi connectivity index (χ1v) is 4.97. The molecule has 0 N–H and O–H groups in total. The molecular formula is C10H10ClNS. The Labute approximate surface area is 88.9 Å². The molecule has 0 saturated carbocycles. The van der Waals surface area contributed by atoms with E-state index >= 15 is 0 Å². The molecule has 0 fully saturated rings. The maximum atomic E-state index is 5.84. The summed E-state index contributed by atoms with van der Waals surface area (Å²) in [5.74, 6) is 6.70. The van der Waals surface area contributed by atoms with Crippen molar-refractivity contribution in [1.82, 2.24) is 4.98 Å². The quantitative estimate of drug-likeness (QED) is 0.428. The highest BCUT2D eigenvalue weighted by Crippen LogP contribution is 2.12. The van der Waals surface area contributed by atoms with E-state index in [4.69, 9.17) is 11.6 Å². The van der Waals surface area contributed by atoms with Gasteiger partial charge in [-0.05, 0) is 18.6 Å². The van der Waals surface area contributed by atoms with Crippen LogP contribution in [0, 0.1) is 18.8 Å². The summed E-state index contributed by atoms with van der Waals surface area (Å²) in [5, 5.41) is 0.470. The van der Waals surface area contributed by atoms with Gasteiger partial charge in [-0.2, -0.15) is 12.6 Å². The van der Waals surface area contributed by atoms with Crippen LogP contribution in [0.5, 0.6) is 0 Å². The largest absolute Gasteiger partial charge is 0.243 e. The molecule has 1 heterocycles. The number of aryl methyl sites for hydroxylation is 1. The van der Waals surface area contributed by atoms with Crippen LogP contribution in [0.4, 0.5) is 0 Å². The predicted octanol–water partition coefficient (Wildman–Crippen LogP) is 2.71. The summed E-state index contributed by atoms with van der Waals surface area (Å²) in [7, 11) is 0. The van der Waals surface area contributed by atoms with Crippen LogP contribution in [0.3, 0.4) is 0 Å². The normalized spacial score (nSPS) is 9.15. The summed E-state index contributed by atoms with van der Waals surface area (Å²) in [5.41, 5.74) is 1.86. The Kier molecular flexibility index (Phi) is 4.14. The second kappa shape index (κ2) is 5.16. The monoisotopic (exact) mass is 211 g/mol. The van der Waals surface area contributed by atoms with Gasteiger partial charge in [0.1, 0.15) is 5.15 Å². The van der Waals surface area contributed by atoms with Crippen molar-refractivity contribution >= 4 is 24.2 Å². The van der Waals surface area contributed by atoms with Crippen molar-refractivity contribution in [3.8, 4) is 11.8 Å². The van der Waals surface area contributed by atoms with Crippen LogP contribution in [0.1, 0.15) is 17.5 Å². The lowest BCUT2D eigenvalue weighted by Gasteiger charge is -1.95. The Hall–Kier alpha value is -0.650. The molecule has 1 nitrogen and oxygen atoms in total. The van der Waals surface area contributed by atoms with E-state index in [0.29, 0.717) is 5.15 Å².